The van der Waals surface area contributed by atoms with Gasteiger partial charge in [-0.2, -0.15) is 0 Å². The lowest BCUT2D eigenvalue weighted by Crippen LogP contribution is -2.43. The van der Waals surface area contributed by atoms with Crippen molar-refractivity contribution < 1.29 is 23.8 Å². The summed E-state index contributed by atoms with van der Waals surface area (Å²) in [6.45, 7) is 5.19. The maximum atomic E-state index is 12.9. The number of hydrogen-bond donors (Lipinski definition) is 1. The van der Waals surface area contributed by atoms with Gasteiger partial charge in [-0.05, 0) is 56.7 Å². The minimum Gasteiger partial charge on any atom is -0.493 e. The summed E-state index contributed by atoms with van der Waals surface area (Å²) in [5, 5.41) is 2.92. The van der Waals surface area contributed by atoms with E-state index >= 15 is 0 Å². The maximum absolute atomic E-state index is 12.9. The number of amides is 1. The van der Waals surface area contributed by atoms with Crippen molar-refractivity contribution in [2.75, 3.05) is 25.6 Å². The number of unbranched alkanes of at least 4 members (excludes halogenated alkanes) is 1. The smallest absolute Gasteiger partial charge is 0.341 e. The zero-order valence-electron chi connectivity index (χ0n) is 16.6. The first-order chi connectivity index (χ1) is 13.1. The highest BCUT2D eigenvalue weighted by Gasteiger charge is 2.42. The van der Waals surface area contributed by atoms with Crippen LogP contribution in [0.1, 0.15) is 69.2 Å². The number of nitrogens with one attached hydrogen (secondary N) is 1. The maximum Gasteiger partial charge on any atom is 0.341 e. The molecule has 0 atom stereocenters. The summed E-state index contributed by atoms with van der Waals surface area (Å²) >= 11 is 0. The van der Waals surface area contributed by atoms with Crippen molar-refractivity contribution >= 4 is 17.6 Å². The van der Waals surface area contributed by atoms with E-state index in [1.54, 1.807) is 18.2 Å². The number of rotatable bonds is 10. The molecule has 0 aliphatic heterocycles. The monoisotopic (exact) mass is 377 g/mol. The quantitative estimate of drug-likeness (QED) is 0.485. The zero-order valence-corrected chi connectivity index (χ0v) is 16.6. The van der Waals surface area contributed by atoms with Crippen LogP contribution < -0.4 is 10.1 Å². The molecule has 1 aliphatic rings. The third kappa shape index (κ3) is 5.45. The molecule has 6 nitrogen and oxygen atoms in total. The highest BCUT2D eigenvalue weighted by Crippen LogP contribution is 2.35. The summed E-state index contributed by atoms with van der Waals surface area (Å²) < 4.78 is 16.5. The van der Waals surface area contributed by atoms with Gasteiger partial charge in [-0.3, -0.25) is 4.79 Å². The molecule has 27 heavy (non-hydrogen) atoms. The van der Waals surface area contributed by atoms with Crippen molar-refractivity contribution in [2.24, 2.45) is 0 Å². The van der Waals surface area contributed by atoms with Crippen molar-refractivity contribution in [3.8, 4) is 5.75 Å². The lowest BCUT2D eigenvalue weighted by Gasteiger charge is -2.28. The zero-order chi connectivity index (χ0) is 19.7. The largest absolute Gasteiger partial charge is 0.493 e. The van der Waals surface area contributed by atoms with Gasteiger partial charge in [-0.15, -0.1) is 0 Å². The molecule has 0 saturated heterocycles. The van der Waals surface area contributed by atoms with Crippen LogP contribution in [0.5, 0.6) is 5.75 Å². The Balaban J connectivity index is 2.17. The first kappa shape index (κ1) is 21.2. The molecule has 1 fully saturated rings. The number of benzene rings is 1. The molecule has 0 unspecified atom stereocenters. The van der Waals surface area contributed by atoms with E-state index in [1.807, 2.05) is 6.92 Å². The van der Waals surface area contributed by atoms with Crippen LogP contribution in [-0.2, 0) is 14.3 Å². The van der Waals surface area contributed by atoms with Gasteiger partial charge in [0.2, 0.25) is 0 Å². The Kier molecular flexibility index (Phi) is 8.10. The molecule has 1 aromatic rings. The third-order valence-corrected chi connectivity index (χ3v) is 4.81. The molecule has 0 bridgehead atoms. The fraction of sp³-hybridized carbons (Fsp3) is 0.619. The molecule has 0 spiro atoms. The predicted molar refractivity (Wildman–Crippen MR) is 104 cm³/mol. The standard InChI is InChI=1S/C21H31NO5/c1-4-6-14-26-18-10-9-16(15-17(18)19(23)25-3)22-20(24)21(27-13-5-2)11-7-8-12-21/h9-10,15H,4-8,11-14H2,1-3H3,(H,22,24). The normalized spacial score (nSPS) is 15.4. The number of hydrogen-bond acceptors (Lipinski definition) is 5. The first-order valence-electron chi connectivity index (χ1n) is 9.87. The summed E-state index contributed by atoms with van der Waals surface area (Å²) in [5.41, 5.74) is 0.0774. The van der Waals surface area contributed by atoms with E-state index in [4.69, 9.17) is 14.2 Å². The molecule has 2 rings (SSSR count). The Labute approximate surface area is 161 Å². The molecule has 0 radical (unpaired) electrons. The van der Waals surface area contributed by atoms with Crippen molar-refractivity contribution in [3.05, 3.63) is 23.8 Å². The average molecular weight is 377 g/mol. The Bertz CT molecular complexity index is 637. The van der Waals surface area contributed by atoms with Gasteiger partial charge in [0.05, 0.1) is 13.7 Å². The molecular weight excluding hydrogens is 346 g/mol. The molecule has 0 aromatic heterocycles. The Hall–Kier alpha value is -2.08. The number of carbonyl (C=O) groups excluding carboxylic acids is 2. The lowest BCUT2D eigenvalue weighted by molar-refractivity contribution is -0.140. The summed E-state index contributed by atoms with van der Waals surface area (Å²) in [6.07, 6.45) is 6.18. The summed E-state index contributed by atoms with van der Waals surface area (Å²) in [4.78, 5) is 25.0. The third-order valence-electron chi connectivity index (χ3n) is 4.81. The van der Waals surface area contributed by atoms with E-state index < -0.39 is 11.6 Å². The summed E-state index contributed by atoms with van der Waals surface area (Å²) in [7, 11) is 1.33. The Morgan fingerprint density at radius 2 is 1.85 bits per heavy atom. The van der Waals surface area contributed by atoms with Gasteiger partial charge in [-0.1, -0.05) is 20.3 Å². The molecule has 6 heteroatoms. The summed E-state index contributed by atoms with van der Waals surface area (Å²) in [5.74, 6) is -0.176. The molecule has 1 N–H and O–H groups in total. The number of carbonyl (C=O) groups is 2. The van der Waals surface area contributed by atoms with Gasteiger partial charge < -0.3 is 19.5 Å². The van der Waals surface area contributed by atoms with Crippen LogP contribution in [0.4, 0.5) is 5.69 Å². The summed E-state index contributed by atoms with van der Waals surface area (Å²) in [6, 6.07) is 5.05. The van der Waals surface area contributed by atoms with Gasteiger partial charge in [0.1, 0.15) is 16.9 Å². The second kappa shape index (κ2) is 10.3. The van der Waals surface area contributed by atoms with Gasteiger partial charge in [0.25, 0.3) is 5.91 Å². The molecule has 1 amide bonds. The van der Waals surface area contributed by atoms with Crippen molar-refractivity contribution in [3.63, 3.8) is 0 Å². The topological polar surface area (TPSA) is 73.9 Å². The SMILES string of the molecule is CCCCOc1ccc(NC(=O)C2(OCCC)CCCC2)cc1C(=O)OC. The van der Waals surface area contributed by atoms with Crippen molar-refractivity contribution in [1.29, 1.82) is 0 Å². The van der Waals surface area contributed by atoms with Crippen molar-refractivity contribution in [1.82, 2.24) is 0 Å². The fourth-order valence-corrected chi connectivity index (χ4v) is 3.26. The van der Waals surface area contributed by atoms with E-state index in [2.05, 4.69) is 12.2 Å². The van der Waals surface area contributed by atoms with Gasteiger partial charge in [0, 0.05) is 12.3 Å². The molecule has 150 valence electrons. The van der Waals surface area contributed by atoms with E-state index in [9.17, 15) is 9.59 Å². The van der Waals surface area contributed by atoms with E-state index in [1.165, 1.54) is 7.11 Å². The fourth-order valence-electron chi connectivity index (χ4n) is 3.26. The van der Waals surface area contributed by atoms with Crippen LogP contribution in [0, 0.1) is 0 Å². The molecule has 1 saturated carbocycles. The highest BCUT2D eigenvalue weighted by atomic mass is 16.5. The first-order valence-corrected chi connectivity index (χ1v) is 9.87. The molecule has 0 heterocycles. The lowest BCUT2D eigenvalue weighted by atomic mass is 10.0. The van der Waals surface area contributed by atoms with Crippen LogP contribution in [0.15, 0.2) is 18.2 Å². The minimum absolute atomic E-state index is 0.149. The number of ether oxygens (including phenoxy) is 3. The van der Waals surface area contributed by atoms with E-state index in [0.29, 0.717) is 30.2 Å². The van der Waals surface area contributed by atoms with Gasteiger partial charge >= 0.3 is 5.97 Å². The van der Waals surface area contributed by atoms with Crippen LogP contribution in [0.25, 0.3) is 0 Å². The number of esters is 1. The van der Waals surface area contributed by atoms with Crippen LogP contribution in [0.2, 0.25) is 0 Å². The van der Waals surface area contributed by atoms with Crippen LogP contribution in [-0.4, -0.2) is 37.8 Å². The second-order valence-electron chi connectivity index (χ2n) is 6.91. The van der Waals surface area contributed by atoms with Crippen LogP contribution in [0.3, 0.4) is 0 Å². The molecular formula is C21H31NO5. The number of anilines is 1. The highest BCUT2D eigenvalue weighted by molar-refractivity contribution is 5.99. The Morgan fingerprint density at radius 3 is 2.48 bits per heavy atom. The molecule has 1 aliphatic carbocycles. The number of methoxy groups -OCH3 is 1. The average Bonchev–Trinajstić information content (AvgIpc) is 3.17. The van der Waals surface area contributed by atoms with Gasteiger partial charge in [-0.25, -0.2) is 4.79 Å². The van der Waals surface area contributed by atoms with E-state index in [-0.39, 0.29) is 5.91 Å². The predicted octanol–water partition coefficient (Wildman–Crippen LogP) is 4.33. The van der Waals surface area contributed by atoms with Crippen molar-refractivity contribution in [2.45, 2.75) is 64.4 Å². The van der Waals surface area contributed by atoms with E-state index in [0.717, 1.165) is 44.9 Å². The minimum atomic E-state index is -0.766. The van der Waals surface area contributed by atoms with Gasteiger partial charge in [0.15, 0.2) is 0 Å². The molecule has 1 aromatic carbocycles. The Morgan fingerprint density at radius 1 is 1.11 bits per heavy atom. The van der Waals surface area contributed by atoms with Crippen LogP contribution >= 0.6 is 0 Å². The second-order valence-corrected chi connectivity index (χ2v) is 6.91.